The van der Waals surface area contributed by atoms with Gasteiger partial charge in [-0.25, -0.2) is 0 Å². The predicted octanol–water partition coefficient (Wildman–Crippen LogP) is 5.39. The molecule has 6 N–H and O–H groups in total. The van der Waals surface area contributed by atoms with Crippen molar-refractivity contribution in [2.45, 2.75) is 101 Å². The maximum absolute atomic E-state index is 12.9. The molecule has 3 aliphatic rings. The van der Waals surface area contributed by atoms with Gasteiger partial charge in [-0.2, -0.15) is 0 Å². The zero-order valence-electron chi connectivity index (χ0n) is 36.0. The van der Waals surface area contributed by atoms with Gasteiger partial charge in [0, 0.05) is 61.2 Å². The van der Waals surface area contributed by atoms with Crippen molar-refractivity contribution >= 4 is 35.1 Å². The zero-order valence-corrected chi connectivity index (χ0v) is 36.0. The molecule has 0 saturated carbocycles. The number of carbonyl (C=O) groups is 4. The molecule has 0 aromatic heterocycles. The Bertz CT molecular complexity index is 2170. The van der Waals surface area contributed by atoms with Gasteiger partial charge in [0.25, 0.3) is 5.91 Å². The number of rotatable bonds is 20. The highest BCUT2D eigenvalue weighted by Gasteiger charge is 2.43. The maximum Gasteiger partial charge on any atom is 0.316 e. The molecule has 5 atom stereocenters. The first-order chi connectivity index (χ1) is 30.4. The normalized spacial score (nSPS) is 19.2. The van der Waals surface area contributed by atoms with Gasteiger partial charge in [0.05, 0.1) is 19.3 Å². The van der Waals surface area contributed by atoms with Gasteiger partial charge >= 0.3 is 5.97 Å². The standard InChI is InChI=1S/C49H59N5O9/c1-49(2,51-27-41(56)39-21-22-42(46-47(39)62-31-45(59)53-46)61-30-33-10-5-3-6-11-33)26-32-15-17-35(18-16-32)52-43(57)14-9-23-50-44(58)28-54-36-19-20-37(54)25-38(24-36)63-48(60)40(29-55)34-12-7-4-8-13-34/h3-8,10-13,15-18,21-22,36-38,40-41,51,55-56H,9,14,19-20,23-31H2,1-2H3,(H,50,58)(H,52,57)(H,53,59)/t36-,37+,38?,40?,41?. The molecule has 63 heavy (non-hydrogen) atoms. The molecule has 0 spiro atoms. The molecule has 3 aliphatic heterocycles. The number of carbonyl (C=O) groups excluding carboxylic acids is 4. The molecule has 2 bridgehead atoms. The Balaban J connectivity index is 0.799. The quantitative estimate of drug-likeness (QED) is 0.0494. The second kappa shape index (κ2) is 21.0. The average molecular weight is 862 g/mol. The Hall–Kier alpha value is -5.80. The number of hydrogen-bond acceptors (Lipinski definition) is 11. The van der Waals surface area contributed by atoms with Crippen LogP contribution >= 0.6 is 0 Å². The second-order valence-corrected chi connectivity index (χ2v) is 17.4. The lowest BCUT2D eigenvalue weighted by atomic mass is 9.94. The molecule has 4 aromatic carbocycles. The van der Waals surface area contributed by atoms with Crippen molar-refractivity contribution in [3.63, 3.8) is 0 Å². The van der Waals surface area contributed by atoms with E-state index in [1.807, 2.05) is 84.9 Å². The molecule has 3 heterocycles. The van der Waals surface area contributed by atoms with Crippen LogP contribution in [0.5, 0.6) is 11.5 Å². The van der Waals surface area contributed by atoms with Crippen LogP contribution in [0, 0.1) is 0 Å². The van der Waals surface area contributed by atoms with E-state index in [1.54, 1.807) is 12.1 Å². The zero-order chi connectivity index (χ0) is 44.3. The van der Waals surface area contributed by atoms with Crippen molar-refractivity contribution in [2.75, 3.05) is 43.5 Å². The van der Waals surface area contributed by atoms with Crippen molar-refractivity contribution in [2.24, 2.45) is 0 Å². The van der Waals surface area contributed by atoms with E-state index in [0.717, 1.165) is 29.5 Å². The van der Waals surface area contributed by atoms with Gasteiger partial charge in [-0.1, -0.05) is 72.8 Å². The fourth-order valence-corrected chi connectivity index (χ4v) is 8.80. The number of nitrogens with zero attached hydrogens (tertiary/aromatic N) is 1. The van der Waals surface area contributed by atoms with Crippen LogP contribution in [0.1, 0.15) is 86.6 Å². The predicted molar refractivity (Wildman–Crippen MR) is 238 cm³/mol. The number of ether oxygens (including phenoxy) is 3. The summed E-state index contributed by atoms with van der Waals surface area (Å²) in [5, 5.41) is 33.4. The summed E-state index contributed by atoms with van der Waals surface area (Å²) in [6, 6.07) is 30.3. The van der Waals surface area contributed by atoms with Crippen molar-refractivity contribution in [3.8, 4) is 11.5 Å². The molecule has 0 radical (unpaired) electrons. The number of esters is 1. The Kier molecular flexibility index (Phi) is 15.1. The highest BCUT2D eigenvalue weighted by atomic mass is 16.5. The molecular weight excluding hydrogens is 803 g/mol. The molecule has 0 aliphatic carbocycles. The van der Waals surface area contributed by atoms with Gasteiger partial charge in [0.1, 0.15) is 30.1 Å². The summed E-state index contributed by atoms with van der Waals surface area (Å²) in [7, 11) is 0. The lowest BCUT2D eigenvalue weighted by Crippen LogP contribution is -2.50. The second-order valence-electron chi connectivity index (χ2n) is 17.4. The minimum absolute atomic E-state index is 0.0866. The van der Waals surface area contributed by atoms with Gasteiger partial charge in [-0.3, -0.25) is 24.1 Å². The summed E-state index contributed by atoms with van der Waals surface area (Å²) in [4.78, 5) is 53.0. The van der Waals surface area contributed by atoms with E-state index in [4.69, 9.17) is 14.2 Å². The van der Waals surface area contributed by atoms with Crippen LogP contribution in [0.15, 0.2) is 97.1 Å². The molecule has 2 saturated heterocycles. The molecular formula is C49H59N5O9. The summed E-state index contributed by atoms with van der Waals surface area (Å²) in [5.41, 5.74) is 3.98. The Labute approximate surface area is 368 Å². The largest absolute Gasteiger partial charge is 0.487 e. The monoisotopic (exact) mass is 861 g/mol. The topological polar surface area (TPSA) is 188 Å². The van der Waals surface area contributed by atoms with E-state index in [1.165, 1.54) is 0 Å². The Morgan fingerprint density at radius 1 is 0.905 bits per heavy atom. The van der Waals surface area contributed by atoms with E-state index in [-0.39, 0.29) is 68.6 Å². The van der Waals surface area contributed by atoms with Crippen LogP contribution < -0.4 is 30.7 Å². The third-order valence-corrected chi connectivity index (χ3v) is 12.0. The number of hydrogen-bond donors (Lipinski definition) is 6. The van der Waals surface area contributed by atoms with E-state index >= 15 is 0 Å². The minimum atomic E-state index is -0.923. The number of aliphatic hydroxyl groups is 2. The third-order valence-electron chi connectivity index (χ3n) is 12.0. The number of β-amino-alcohol motifs (C(OH)–C–C–N with tert-alkyl or cyclic N) is 1. The highest BCUT2D eigenvalue weighted by molar-refractivity contribution is 5.97. The molecule has 334 valence electrons. The van der Waals surface area contributed by atoms with Crippen LogP contribution in [0.2, 0.25) is 0 Å². The molecule has 4 aromatic rings. The summed E-state index contributed by atoms with van der Waals surface area (Å²) in [6.07, 6.45) is 3.44. The summed E-state index contributed by atoms with van der Waals surface area (Å²) >= 11 is 0. The lowest BCUT2D eigenvalue weighted by Gasteiger charge is -2.38. The van der Waals surface area contributed by atoms with Gasteiger partial charge in [-0.15, -0.1) is 0 Å². The smallest absolute Gasteiger partial charge is 0.316 e. The fourth-order valence-electron chi connectivity index (χ4n) is 8.80. The van der Waals surface area contributed by atoms with Gasteiger partial charge in [0.2, 0.25) is 11.8 Å². The third kappa shape index (κ3) is 12.2. The summed E-state index contributed by atoms with van der Waals surface area (Å²) < 4.78 is 17.7. The van der Waals surface area contributed by atoms with E-state index in [9.17, 15) is 29.4 Å². The summed E-state index contributed by atoms with van der Waals surface area (Å²) in [5.74, 6) is -0.791. The van der Waals surface area contributed by atoms with Crippen LogP contribution in [0.3, 0.4) is 0 Å². The molecule has 3 amide bonds. The van der Waals surface area contributed by atoms with Gasteiger partial charge < -0.3 is 45.7 Å². The number of piperidine rings is 1. The maximum atomic E-state index is 12.9. The number of anilines is 2. The highest BCUT2D eigenvalue weighted by Crippen LogP contribution is 2.43. The first-order valence-corrected chi connectivity index (χ1v) is 21.9. The van der Waals surface area contributed by atoms with E-state index < -0.39 is 23.5 Å². The molecule has 14 nitrogen and oxygen atoms in total. The molecule has 3 unspecified atom stereocenters. The number of amides is 3. The van der Waals surface area contributed by atoms with E-state index in [2.05, 4.69) is 40.0 Å². The van der Waals surface area contributed by atoms with Crippen LogP contribution in [0.4, 0.5) is 11.4 Å². The van der Waals surface area contributed by atoms with Crippen LogP contribution in [-0.4, -0.2) is 95.4 Å². The van der Waals surface area contributed by atoms with Crippen molar-refractivity contribution in [3.05, 3.63) is 119 Å². The average Bonchev–Trinajstić information content (AvgIpc) is 3.50. The van der Waals surface area contributed by atoms with Crippen molar-refractivity contribution in [1.82, 2.24) is 15.5 Å². The molecule has 14 heteroatoms. The summed E-state index contributed by atoms with van der Waals surface area (Å²) in [6.45, 7) is 4.83. The number of nitrogens with one attached hydrogen (secondary N) is 4. The first-order valence-electron chi connectivity index (χ1n) is 21.9. The SMILES string of the molecule is CC(C)(Cc1ccc(NC(=O)CCCNC(=O)CN2[C@@H]3CC[C@H]2CC(OC(=O)C(CO)c2ccccc2)C3)cc1)NCC(O)c1ccc(OCc2ccccc2)c2c1OCC(=O)N2. The Morgan fingerprint density at radius 3 is 2.30 bits per heavy atom. The molecule has 7 rings (SSSR count). The van der Waals surface area contributed by atoms with Crippen molar-refractivity contribution in [1.29, 1.82) is 0 Å². The van der Waals surface area contributed by atoms with Crippen LogP contribution in [-0.2, 0) is 36.9 Å². The Morgan fingerprint density at radius 2 is 1.60 bits per heavy atom. The van der Waals surface area contributed by atoms with E-state index in [0.29, 0.717) is 67.3 Å². The van der Waals surface area contributed by atoms with Crippen molar-refractivity contribution < 1.29 is 43.6 Å². The minimum Gasteiger partial charge on any atom is -0.487 e. The van der Waals surface area contributed by atoms with Crippen LogP contribution in [0.25, 0.3) is 0 Å². The lowest BCUT2D eigenvalue weighted by molar-refractivity contribution is -0.156. The number of fused-ring (bicyclic) bond motifs is 3. The number of benzene rings is 4. The fraction of sp³-hybridized carbons (Fsp3) is 0.429. The first kappa shape index (κ1) is 45.2. The molecule has 2 fully saturated rings. The number of aliphatic hydroxyl groups excluding tert-OH is 2. The van der Waals surface area contributed by atoms with Gasteiger partial charge in [0.15, 0.2) is 12.4 Å². The van der Waals surface area contributed by atoms with Gasteiger partial charge in [-0.05, 0) is 80.5 Å².